The van der Waals surface area contributed by atoms with Gasteiger partial charge in [-0.2, -0.15) is 5.10 Å². The van der Waals surface area contributed by atoms with Crippen molar-refractivity contribution in [1.82, 2.24) is 15.1 Å². The van der Waals surface area contributed by atoms with E-state index < -0.39 is 0 Å². The van der Waals surface area contributed by atoms with E-state index in [1.54, 1.807) is 17.9 Å². The van der Waals surface area contributed by atoms with Gasteiger partial charge in [0.05, 0.1) is 6.20 Å². The lowest BCUT2D eigenvalue weighted by Crippen LogP contribution is -2.19. The van der Waals surface area contributed by atoms with Gasteiger partial charge in [0.15, 0.2) is 0 Å². The molecule has 0 aliphatic rings. The van der Waals surface area contributed by atoms with Gasteiger partial charge in [0.25, 0.3) is 0 Å². The first-order valence-electron chi connectivity index (χ1n) is 5.78. The van der Waals surface area contributed by atoms with Gasteiger partial charge < -0.3 is 11.1 Å². The molecule has 2 aromatic rings. The average Bonchev–Trinajstić information content (AvgIpc) is 2.84. The second kappa shape index (κ2) is 5.35. The zero-order valence-electron chi connectivity index (χ0n) is 10.3. The second-order valence-corrected chi connectivity index (χ2v) is 4.04. The average molecular weight is 244 g/mol. The summed E-state index contributed by atoms with van der Waals surface area (Å²) in [5.41, 5.74) is 8.49. The molecule has 0 spiro atoms. The van der Waals surface area contributed by atoms with E-state index in [1.165, 1.54) is 0 Å². The van der Waals surface area contributed by atoms with E-state index in [9.17, 15) is 4.79 Å². The van der Waals surface area contributed by atoms with E-state index in [0.717, 1.165) is 16.8 Å². The summed E-state index contributed by atoms with van der Waals surface area (Å²) in [5.74, 6) is 0.0102. The van der Waals surface area contributed by atoms with Crippen molar-refractivity contribution in [2.45, 2.75) is 13.0 Å². The lowest BCUT2D eigenvalue weighted by Gasteiger charge is -2.00. The van der Waals surface area contributed by atoms with Crippen LogP contribution in [0.3, 0.4) is 0 Å². The normalized spacial score (nSPS) is 10.3. The summed E-state index contributed by atoms with van der Waals surface area (Å²) in [4.78, 5) is 11.1. The monoisotopic (exact) mass is 244 g/mol. The van der Waals surface area contributed by atoms with Gasteiger partial charge in [0, 0.05) is 37.5 Å². The first-order valence-corrected chi connectivity index (χ1v) is 5.78. The molecule has 3 N–H and O–H groups in total. The van der Waals surface area contributed by atoms with Crippen molar-refractivity contribution in [2.24, 2.45) is 0 Å². The summed E-state index contributed by atoms with van der Waals surface area (Å²) < 4.78 is 1.76. The zero-order valence-corrected chi connectivity index (χ0v) is 10.3. The van der Waals surface area contributed by atoms with Crippen LogP contribution >= 0.6 is 0 Å². The number of carbonyl (C=O) groups is 1. The fourth-order valence-corrected chi connectivity index (χ4v) is 1.69. The van der Waals surface area contributed by atoms with E-state index in [1.807, 2.05) is 30.5 Å². The summed E-state index contributed by atoms with van der Waals surface area (Å²) in [6, 6.07) is 7.64. The molecule has 0 atom stereocenters. The van der Waals surface area contributed by atoms with Gasteiger partial charge in [0.1, 0.15) is 0 Å². The topological polar surface area (TPSA) is 72.9 Å². The Hall–Kier alpha value is -2.30. The number of nitrogens with one attached hydrogen (secondary N) is 1. The van der Waals surface area contributed by atoms with Gasteiger partial charge in [-0.1, -0.05) is 12.1 Å². The van der Waals surface area contributed by atoms with Gasteiger partial charge >= 0.3 is 0 Å². The van der Waals surface area contributed by atoms with Crippen LogP contribution in [0.5, 0.6) is 0 Å². The Morgan fingerprint density at radius 1 is 1.44 bits per heavy atom. The van der Waals surface area contributed by atoms with Gasteiger partial charge in [0.2, 0.25) is 5.91 Å². The van der Waals surface area contributed by atoms with E-state index in [2.05, 4.69) is 10.4 Å². The number of nitrogen functional groups attached to an aromatic ring is 1. The number of amides is 1. The third kappa shape index (κ3) is 2.88. The lowest BCUT2D eigenvalue weighted by atomic mass is 10.1. The molecule has 0 unspecified atom stereocenters. The molecule has 1 aromatic heterocycles. The standard InChI is InChI=1S/C13H16N4O/c1-15-13(18)5-6-17-9-11(8-16-17)10-3-2-4-12(14)7-10/h2-4,7-9H,5-6,14H2,1H3,(H,15,18). The number of aromatic nitrogens is 2. The van der Waals surface area contributed by atoms with Crippen LogP contribution < -0.4 is 11.1 Å². The van der Waals surface area contributed by atoms with Gasteiger partial charge in [-0.3, -0.25) is 9.48 Å². The van der Waals surface area contributed by atoms with Gasteiger partial charge in [-0.25, -0.2) is 0 Å². The highest BCUT2D eigenvalue weighted by Crippen LogP contribution is 2.20. The molecule has 0 fully saturated rings. The Kier molecular flexibility index (Phi) is 3.62. The van der Waals surface area contributed by atoms with E-state index in [-0.39, 0.29) is 5.91 Å². The summed E-state index contributed by atoms with van der Waals surface area (Å²) in [5, 5.41) is 6.81. The van der Waals surface area contributed by atoms with Gasteiger partial charge in [-0.15, -0.1) is 0 Å². The quantitative estimate of drug-likeness (QED) is 0.795. The summed E-state index contributed by atoms with van der Waals surface area (Å²) in [6.07, 6.45) is 4.12. The predicted octanol–water partition coefficient (Wildman–Crippen LogP) is 1.27. The van der Waals surface area contributed by atoms with Crippen LogP contribution in [0.25, 0.3) is 11.1 Å². The molecule has 5 heteroatoms. The molecular weight excluding hydrogens is 228 g/mol. The third-order valence-corrected chi connectivity index (χ3v) is 2.70. The predicted molar refractivity (Wildman–Crippen MR) is 70.8 cm³/mol. The molecule has 1 heterocycles. The molecule has 0 bridgehead atoms. The Bertz CT molecular complexity index is 547. The number of aryl methyl sites for hydroxylation is 1. The van der Waals surface area contributed by atoms with Crippen molar-refractivity contribution < 1.29 is 4.79 Å². The van der Waals surface area contributed by atoms with Crippen molar-refractivity contribution in [2.75, 3.05) is 12.8 Å². The van der Waals surface area contributed by atoms with Crippen molar-refractivity contribution in [3.8, 4) is 11.1 Å². The molecule has 18 heavy (non-hydrogen) atoms. The maximum Gasteiger partial charge on any atom is 0.221 e. The van der Waals surface area contributed by atoms with Crippen molar-refractivity contribution >= 4 is 11.6 Å². The Balaban J connectivity index is 2.08. The van der Waals surface area contributed by atoms with E-state index >= 15 is 0 Å². The fraction of sp³-hybridized carbons (Fsp3) is 0.231. The minimum absolute atomic E-state index is 0.0102. The number of carbonyl (C=O) groups excluding carboxylic acids is 1. The summed E-state index contributed by atoms with van der Waals surface area (Å²) >= 11 is 0. The van der Waals surface area contributed by atoms with Crippen LogP contribution in [-0.2, 0) is 11.3 Å². The van der Waals surface area contributed by atoms with E-state index in [4.69, 9.17) is 5.73 Å². The minimum atomic E-state index is 0.0102. The minimum Gasteiger partial charge on any atom is -0.399 e. The first kappa shape index (κ1) is 12.2. The highest BCUT2D eigenvalue weighted by Gasteiger charge is 2.03. The van der Waals surface area contributed by atoms with Crippen LogP contribution in [0.1, 0.15) is 6.42 Å². The lowest BCUT2D eigenvalue weighted by molar-refractivity contribution is -0.120. The van der Waals surface area contributed by atoms with Crippen LogP contribution in [0.4, 0.5) is 5.69 Å². The van der Waals surface area contributed by atoms with Crippen molar-refractivity contribution in [3.63, 3.8) is 0 Å². The number of nitrogens with two attached hydrogens (primary N) is 1. The maximum absolute atomic E-state index is 11.1. The van der Waals surface area contributed by atoms with Crippen LogP contribution in [0.2, 0.25) is 0 Å². The molecule has 1 aromatic carbocycles. The molecule has 0 aliphatic heterocycles. The second-order valence-electron chi connectivity index (χ2n) is 4.04. The molecule has 2 rings (SSSR count). The summed E-state index contributed by atoms with van der Waals surface area (Å²) in [6.45, 7) is 0.571. The van der Waals surface area contributed by atoms with Crippen LogP contribution in [0.15, 0.2) is 36.7 Å². The molecular formula is C13H16N4O. The molecule has 1 amide bonds. The number of benzene rings is 1. The first-order chi connectivity index (χ1) is 8.69. The maximum atomic E-state index is 11.1. The van der Waals surface area contributed by atoms with Crippen LogP contribution in [-0.4, -0.2) is 22.7 Å². The molecule has 5 nitrogen and oxygen atoms in total. The molecule has 0 aliphatic carbocycles. The Morgan fingerprint density at radius 2 is 2.28 bits per heavy atom. The number of anilines is 1. The number of rotatable bonds is 4. The highest BCUT2D eigenvalue weighted by atomic mass is 16.1. The number of hydrogen-bond acceptors (Lipinski definition) is 3. The van der Waals surface area contributed by atoms with E-state index in [0.29, 0.717) is 13.0 Å². The fourth-order valence-electron chi connectivity index (χ4n) is 1.69. The third-order valence-electron chi connectivity index (χ3n) is 2.70. The number of nitrogens with zero attached hydrogens (tertiary/aromatic N) is 2. The molecule has 0 radical (unpaired) electrons. The largest absolute Gasteiger partial charge is 0.399 e. The number of hydrogen-bond donors (Lipinski definition) is 2. The van der Waals surface area contributed by atoms with Crippen LogP contribution in [0, 0.1) is 0 Å². The highest BCUT2D eigenvalue weighted by molar-refractivity contribution is 5.75. The SMILES string of the molecule is CNC(=O)CCn1cc(-c2cccc(N)c2)cn1. The van der Waals surface area contributed by atoms with Gasteiger partial charge in [-0.05, 0) is 17.7 Å². The Morgan fingerprint density at radius 3 is 3.00 bits per heavy atom. The molecule has 94 valence electrons. The van der Waals surface area contributed by atoms with Crippen molar-refractivity contribution in [1.29, 1.82) is 0 Å². The molecule has 0 saturated carbocycles. The molecule has 0 saturated heterocycles. The zero-order chi connectivity index (χ0) is 13.0. The smallest absolute Gasteiger partial charge is 0.221 e. The summed E-state index contributed by atoms with van der Waals surface area (Å²) in [7, 11) is 1.63. The Labute approximate surface area is 106 Å². The van der Waals surface area contributed by atoms with Crippen molar-refractivity contribution in [3.05, 3.63) is 36.7 Å².